The van der Waals surface area contributed by atoms with Gasteiger partial charge in [-0.2, -0.15) is 0 Å². The molecule has 2 aromatic carbocycles. The van der Waals surface area contributed by atoms with Gasteiger partial charge in [-0.3, -0.25) is 0 Å². The van der Waals surface area contributed by atoms with E-state index >= 15 is 0 Å². The van der Waals surface area contributed by atoms with E-state index in [0.717, 1.165) is 22.8 Å². The van der Waals surface area contributed by atoms with E-state index in [1.54, 1.807) is 6.07 Å². The zero-order valence-corrected chi connectivity index (χ0v) is 12.0. The molecule has 20 heavy (non-hydrogen) atoms. The molecule has 0 aliphatic carbocycles. The highest BCUT2D eigenvalue weighted by Crippen LogP contribution is 2.25. The summed E-state index contributed by atoms with van der Waals surface area (Å²) in [5, 5.41) is 0. The summed E-state index contributed by atoms with van der Waals surface area (Å²) >= 11 is 0. The molecule has 0 aliphatic heterocycles. The highest BCUT2D eigenvalue weighted by atomic mass is 19.2. The van der Waals surface area contributed by atoms with Gasteiger partial charge in [-0.05, 0) is 49.9 Å². The molecule has 0 radical (unpaired) electrons. The number of nitrogens with two attached hydrogens (primary N) is 1. The van der Waals surface area contributed by atoms with Gasteiger partial charge in [0.05, 0.1) is 0 Å². The lowest BCUT2D eigenvalue weighted by atomic mass is 9.92. The van der Waals surface area contributed by atoms with E-state index in [2.05, 4.69) is 12.1 Å². The second-order valence-electron chi connectivity index (χ2n) is 5.33. The predicted octanol–water partition coefficient (Wildman–Crippen LogP) is 4.13. The summed E-state index contributed by atoms with van der Waals surface area (Å²) in [7, 11) is 0. The van der Waals surface area contributed by atoms with Crippen LogP contribution in [0.2, 0.25) is 0 Å². The number of hydrogen-bond acceptors (Lipinski definition) is 1. The smallest absolute Gasteiger partial charge is 0.163 e. The van der Waals surface area contributed by atoms with Crippen molar-refractivity contribution in [3.8, 4) is 0 Å². The van der Waals surface area contributed by atoms with Gasteiger partial charge < -0.3 is 5.73 Å². The SMILES string of the molecule is Cc1cc(C)c(CC(N)c2cccc(F)c2F)c(C)c1. The first-order valence-electron chi connectivity index (χ1n) is 6.66. The fourth-order valence-corrected chi connectivity index (χ4v) is 2.67. The molecular weight excluding hydrogens is 256 g/mol. The number of halogens is 2. The molecule has 0 amide bonds. The Bertz CT molecular complexity index is 612. The Hall–Kier alpha value is -1.74. The molecule has 0 aromatic heterocycles. The lowest BCUT2D eigenvalue weighted by molar-refractivity contribution is 0.487. The Morgan fingerprint density at radius 1 is 1.05 bits per heavy atom. The number of aryl methyl sites for hydroxylation is 3. The molecule has 3 heteroatoms. The van der Waals surface area contributed by atoms with Crippen molar-refractivity contribution < 1.29 is 8.78 Å². The van der Waals surface area contributed by atoms with Gasteiger partial charge in [0.1, 0.15) is 0 Å². The first-order chi connectivity index (χ1) is 9.40. The third kappa shape index (κ3) is 2.88. The van der Waals surface area contributed by atoms with E-state index < -0.39 is 17.7 Å². The van der Waals surface area contributed by atoms with Gasteiger partial charge in [-0.1, -0.05) is 29.8 Å². The molecule has 0 heterocycles. The van der Waals surface area contributed by atoms with Crippen LogP contribution in [0.25, 0.3) is 0 Å². The molecule has 0 aliphatic rings. The average Bonchev–Trinajstić information content (AvgIpc) is 2.36. The maximum atomic E-state index is 13.8. The fourth-order valence-electron chi connectivity index (χ4n) is 2.67. The van der Waals surface area contributed by atoms with Crippen molar-refractivity contribution in [1.29, 1.82) is 0 Å². The van der Waals surface area contributed by atoms with Crippen LogP contribution in [0.15, 0.2) is 30.3 Å². The van der Waals surface area contributed by atoms with Crippen LogP contribution in [0.3, 0.4) is 0 Å². The first-order valence-corrected chi connectivity index (χ1v) is 6.66. The Balaban J connectivity index is 2.33. The predicted molar refractivity (Wildman–Crippen MR) is 77.6 cm³/mol. The van der Waals surface area contributed by atoms with Gasteiger partial charge in [-0.25, -0.2) is 8.78 Å². The van der Waals surface area contributed by atoms with E-state index in [0.29, 0.717) is 6.42 Å². The quantitative estimate of drug-likeness (QED) is 0.895. The molecule has 0 saturated carbocycles. The van der Waals surface area contributed by atoms with Gasteiger partial charge in [0, 0.05) is 11.6 Å². The summed E-state index contributed by atoms with van der Waals surface area (Å²) in [5.41, 5.74) is 10.9. The molecule has 0 spiro atoms. The van der Waals surface area contributed by atoms with Crippen molar-refractivity contribution in [2.24, 2.45) is 5.73 Å². The Morgan fingerprint density at radius 3 is 2.25 bits per heavy atom. The van der Waals surface area contributed by atoms with Gasteiger partial charge in [0.15, 0.2) is 11.6 Å². The fraction of sp³-hybridized carbons (Fsp3) is 0.294. The summed E-state index contributed by atoms with van der Waals surface area (Å²) in [6.07, 6.45) is 0.498. The minimum absolute atomic E-state index is 0.226. The van der Waals surface area contributed by atoms with Crippen LogP contribution in [0, 0.1) is 32.4 Å². The third-order valence-electron chi connectivity index (χ3n) is 3.65. The van der Waals surface area contributed by atoms with Gasteiger partial charge in [0.2, 0.25) is 0 Å². The Kier molecular flexibility index (Phi) is 4.19. The summed E-state index contributed by atoms with van der Waals surface area (Å²) in [5.74, 6) is -1.70. The molecule has 0 bridgehead atoms. The topological polar surface area (TPSA) is 26.0 Å². The molecule has 2 aromatic rings. The molecule has 1 nitrogen and oxygen atoms in total. The van der Waals surface area contributed by atoms with Crippen LogP contribution in [0.4, 0.5) is 8.78 Å². The molecule has 2 N–H and O–H groups in total. The van der Waals surface area contributed by atoms with Crippen molar-refractivity contribution in [2.45, 2.75) is 33.2 Å². The normalized spacial score (nSPS) is 12.5. The van der Waals surface area contributed by atoms with E-state index in [9.17, 15) is 8.78 Å². The van der Waals surface area contributed by atoms with E-state index in [4.69, 9.17) is 5.73 Å². The summed E-state index contributed by atoms with van der Waals surface area (Å²) in [6.45, 7) is 6.07. The average molecular weight is 275 g/mol. The van der Waals surface area contributed by atoms with Crippen LogP contribution in [0.5, 0.6) is 0 Å². The minimum Gasteiger partial charge on any atom is -0.324 e. The minimum atomic E-state index is -0.852. The lowest BCUT2D eigenvalue weighted by Gasteiger charge is -2.17. The van der Waals surface area contributed by atoms with Crippen LogP contribution in [-0.4, -0.2) is 0 Å². The van der Waals surface area contributed by atoms with Crippen LogP contribution in [0.1, 0.15) is 33.9 Å². The highest BCUT2D eigenvalue weighted by molar-refractivity contribution is 5.39. The second-order valence-corrected chi connectivity index (χ2v) is 5.33. The molecule has 2 rings (SSSR count). The van der Waals surface area contributed by atoms with E-state index in [1.807, 2.05) is 20.8 Å². The Morgan fingerprint density at radius 2 is 1.65 bits per heavy atom. The highest BCUT2D eigenvalue weighted by Gasteiger charge is 2.17. The van der Waals surface area contributed by atoms with Crippen molar-refractivity contribution in [1.82, 2.24) is 0 Å². The van der Waals surface area contributed by atoms with Gasteiger partial charge in [-0.15, -0.1) is 0 Å². The van der Waals surface area contributed by atoms with E-state index in [-0.39, 0.29) is 5.56 Å². The van der Waals surface area contributed by atoms with Gasteiger partial charge in [0.25, 0.3) is 0 Å². The molecular formula is C17H19F2N. The molecule has 0 saturated heterocycles. The largest absolute Gasteiger partial charge is 0.324 e. The molecule has 0 fully saturated rings. The summed E-state index contributed by atoms with van der Waals surface area (Å²) < 4.78 is 27.0. The van der Waals surface area contributed by atoms with E-state index in [1.165, 1.54) is 11.6 Å². The maximum Gasteiger partial charge on any atom is 0.163 e. The first kappa shape index (κ1) is 14.7. The molecule has 1 unspecified atom stereocenters. The Labute approximate surface area is 118 Å². The zero-order chi connectivity index (χ0) is 14.9. The zero-order valence-electron chi connectivity index (χ0n) is 12.0. The number of rotatable bonds is 3. The van der Waals surface area contributed by atoms with Gasteiger partial charge >= 0.3 is 0 Å². The second kappa shape index (κ2) is 5.71. The van der Waals surface area contributed by atoms with Crippen LogP contribution < -0.4 is 5.73 Å². The summed E-state index contributed by atoms with van der Waals surface area (Å²) in [4.78, 5) is 0. The van der Waals surface area contributed by atoms with Crippen molar-refractivity contribution >= 4 is 0 Å². The number of hydrogen-bond donors (Lipinski definition) is 1. The monoisotopic (exact) mass is 275 g/mol. The van der Waals surface area contributed by atoms with Crippen molar-refractivity contribution in [3.63, 3.8) is 0 Å². The van der Waals surface area contributed by atoms with Crippen LogP contribution in [-0.2, 0) is 6.42 Å². The standard InChI is InChI=1S/C17H19F2N/c1-10-7-11(2)14(12(3)8-10)9-16(20)13-5-4-6-15(18)17(13)19/h4-8,16H,9,20H2,1-3H3. The lowest BCUT2D eigenvalue weighted by Crippen LogP contribution is -2.17. The molecule has 106 valence electrons. The molecule has 1 atom stereocenters. The summed E-state index contributed by atoms with van der Waals surface area (Å²) in [6, 6.07) is 7.75. The van der Waals surface area contributed by atoms with Crippen LogP contribution >= 0.6 is 0 Å². The van der Waals surface area contributed by atoms with Crippen molar-refractivity contribution in [2.75, 3.05) is 0 Å². The maximum absolute atomic E-state index is 13.8. The number of benzene rings is 2. The third-order valence-corrected chi connectivity index (χ3v) is 3.65. The van der Waals surface area contributed by atoms with Crippen molar-refractivity contribution in [3.05, 3.63) is 69.8 Å².